The summed E-state index contributed by atoms with van der Waals surface area (Å²) in [6.45, 7) is 0.578. The molecule has 0 saturated carbocycles. The maximum Gasteiger partial charge on any atom is 0.251 e. The third-order valence-corrected chi connectivity index (χ3v) is 3.49. The van der Waals surface area contributed by atoms with Gasteiger partial charge >= 0.3 is 0 Å². The van der Waals surface area contributed by atoms with E-state index in [4.69, 9.17) is 0 Å². The first-order valence-electron chi connectivity index (χ1n) is 6.37. The molecule has 2 amide bonds. The lowest BCUT2D eigenvalue weighted by atomic mass is 10.2. The van der Waals surface area contributed by atoms with Crippen molar-refractivity contribution in [3.05, 3.63) is 58.3 Å². The van der Waals surface area contributed by atoms with Gasteiger partial charge in [-0.25, -0.2) is 0 Å². The Kier molecular flexibility index (Phi) is 5.32. The van der Waals surface area contributed by atoms with Gasteiger partial charge in [0.2, 0.25) is 5.91 Å². The Labute approximate surface area is 121 Å². The van der Waals surface area contributed by atoms with Crippen LogP contribution in [0.25, 0.3) is 0 Å². The molecule has 0 bridgehead atoms. The molecule has 104 valence electrons. The van der Waals surface area contributed by atoms with E-state index in [1.807, 2.05) is 17.5 Å². The zero-order valence-electron chi connectivity index (χ0n) is 11.0. The lowest BCUT2D eigenvalue weighted by molar-refractivity contribution is -0.120. The summed E-state index contributed by atoms with van der Waals surface area (Å²) in [5.74, 6) is -0.414. The average molecular weight is 288 g/mol. The van der Waals surface area contributed by atoms with E-state index >= 15 is 0 Å². The van der Waals surface area contributed by atoms with Gasteiger partial charge in [-0.3, -0.25) is 9.59 Å². The number of thiophene rings is 1. The van der Waals surface area contributed by atoms with E-state index < -0.39 is 0 Å². The molecule has 1 aromatic carbocycles. The first kappa shape index (κ1) is 14.3. The number of hydrogen-bond acceptors (Lipinski definition) is 3. The Hall–Kier alpha value is -2.14. The molecule has 0 aliphatic carbocycles. The zero-order chi connectivity index (χ0) is 14.2. The fraction of sp³-hybridized carbons (Fsp3) is 0.200. The van der Waals surface area contributed by atoms with Gasteiger partial charge in [0.25, 0.3) is 5.91 Å². The van der Waals surface area contributed by atoms with Gasteiger partial charge in [0.05, 0.1) is 6.54 Å². The second-order valence-electron chi connectivity index (χ2n) is 4.28. The van der Waals surface area contributed by atoms with Gasteiger partial charge in [-0.1, -0.05) is 18.2 Å². The van der Waals surface area contributed by atoms with Gasteiger partial charge in [0.15, 0.2) is 0 Å². The van der Waals surface area contributed by atoms with Crippen LogP contribution < -0.4 is 10.6 Å². The van der Waals surface area contributed by atoms with Crippen molar-refractivity contribution in [1.29, 1.82) is 0 Å². The molecule has 0 saturated heterocycles. The number of carbonyl (C=O) groups excluding carboxylic acids is 2. The molecule has 2 N–H and O–H groups in total. The first-order chi connectivity index (χ1) is 9.75. The van der Waals surface area contributed by atoms with E-state index in [0.29, 0.717) is 12.1 Å². The zero-order valence-corrected chi connectivity index (χ0v) is 11.8. The Morgan fingerprint density at radius 3 is 2.55 bits per heavy atom. The van der Waals surface area contributed by atoms with Crippen LogP contribution in [0.2, 0.25) is 0 Å². The Morgan fingerprint density at radius 1 is 1.05 bits per heavy atom. The van der Waals surface area contributed by atoms with Gasteiger partial charge in [-0.05, 0) is 40.9 Å². The molecule has 0 radical (unpaired) electrons. The summed E-state index contributed by atoms with van der Waals surface area (Å²) in [5.41, 5.74) is 1.77. The smallest absolute Gasteiger partial charge is 0.251 e. The number of amides is 2. The first-order valence-corrected chi connectivity index (χ1v) is 7.31. The van der Waals surface area contributed by atoms with E-state index in [2.05, 4.69) is 16.0 Å². The van der Waals surface area contributed by atoms with Crippen LogP contribution >= 0.6 is 11.3 Å². The van der Waals surface area contributed by atoms with E-state index in [9.17, 15) is 9.59 Å². The molecule has 4 nitrogen and oxygen atoms in total. The van der Waals surface area contributed by atoms with Crippen molar-refractivity contribution in [3.63, 3.8) is 0 Å². The van der Waals surface area contributed by atoms with Gasteiger partial charge < -0.3 is 10.6 Å². The van der Waals surface area contributed by atoms with E-state index in [1.54, 1.807) is 35.6 Å². The van der Waals surface area contributed by atoms with Crippen molar-refractivity contribution in [3.8, 4) is 0 Å². The highest BCUT2D eigenvalue weighted by Crippen LogP contribution is 2.05. The van der Waals surface area contributed by atoms with Crippen molar-refractivity contribution in [2.45, 2.75) is 6.42 Å². The van der Waals surface area contributed by atoms with Crippen LogP contribution in [0.3, 0.4) is 0 Å². The minimum atomic E-state index is -0.237. The van der Waals surface area contributed by atoms with Crippen molar-refractivity contribution < 1.29 is 9.59 Å². The number of hydrogen-bond donors (Lipinski definition) is 2. The molecule has 2 rings (SSSR count). The molecule has 0 atom stereocenters. The Bertz CT molecular complexity index is 553. The highest BCUT2D eigenvalue weighted by Gasteiger charge is 2.06. The maximum atomic E-state index is 11.7. The van der Waals surface area contributed by atoms with Gasteiger partial charge in [-0.2, -0.15) is 11.3 Å². The SMILES string of the molecule is O=C(CNC(=O)c1ccccc1)NCCc1ccsc1. The van der Waals surface area contributed by atoms with Gasteiger partial charge in [0, 0.05) is 12.1 Å². The van der Waals surface area contributed by atoms with Gasteiger partial charge in [0.1, 0.15) is 0 Å². The summed E-state index contributed by atoms with van der Waals surface area (Å²) in [6, 6.07) is 10.9. The average Bonchev–Trinajstić information content (AvgIpc) is 2.99. The third kappa shape index (κ3) is 4.51. The number of benzene rings is 1. The van der Waals surface area contributed by atoms with Crippen LogP contribution in [0, 0.1) is 0 Å². The normalized spacial score (nSPS) is 10.0. The lowest BCUT2D eigenvalue weighted by Gasteiger charge is -2.06. The summed E-state index contributed by atoms with van der Waals surface area (Å²) in [5, 5.41) is 9.44. The van der Waals surface area contributed by atoms with Crippen molar-refractivity contribution >= 4 is 23.2 Å². The fourth-order valence-corrected chi connectivity index (χ4v) is 2.40. The molecule has 20 heavy (non-hydrogen) atoms. The molecular formula is C15H16N2O2S. The molecule has 0 aliphatic rings. The number of carbonyl (C=O) groups is 2. The minimum Gasteiger partial charge on any atom is -0.354 e. The minimum absolute atomic E-state index is 0.00261. The van der Waals surface area contributed by atoms with Crippen LogP contribution in [-0.4, -0.2) is 24.9 Å². The quantitative estimate of drug-likeness (QED) is 0.852. The Morgan fingerprint density at radius 2 is 1.85 bits per heavy atom. The fourth-order valence-electron chi connectivity index (χ4n) is 1.70. The molecule has 1 aromatic heterocycles. The predicted octanol–water partition coefficient (Wildman–Crippen LogP) is 1.84. The molecule has 0 unspecified atom stereocenters. The third-order valence-electron chi connectivity index (χ3n) is 2.76. The summed E-state index contributed by atoms with van der Waals surface area (Å²) in [7, 11) is 0. The molecular weight excluding hydrogens is 272 g/mol. The summed E-state index contributed by atoms with van der Waals surface area (Å²) >= 11 is 1.64. The van der Waals surface area contributed by atoms with E-state index in [0.717, 1.165) is 6.42 Å². The van der Waals surface area contributed by atoms with Crippen LogP contribution in [0.4, 0.5) is 0 Å². The highest BCUT2D eigenvalue weighted by atomic mass is 32.1. The summed E-state index contributed by atoms with van der Waals surface area (Å²) < 4.78 is 0. The van der Waals surface area contributed by atoms with Crippen LogP contribution in [0.1, 0.15) is 15.9 Å². The molecule has 0 aliphatic heterocycles. The molecule has 2 aromatic rings. The highest BCUT2D eigenvalue weighted by molar-refractivity contribution is 7.07. The monoisotopic (exact) mass is 288 g/mol. The van der Waals surface area contributed by atoms with Crippen LogP contribution in [0.5, 0.6) is 0 Å². The van der Waals surface area contributed by atoms with Crippen molar-refractivity contribution in [1.82, 2.24) is 10.6 Å². The standard InChI is InChI=1S/C15H16N2O2S/c18-14(16-8-6-12-7-9-20-11-12)10-17-15(19)13-4-2-1-3-5-13/h1-5,7,9,11H,6,8,10H2,(H,16,18)(H,17,19). The second-order valence-corrected chi connectivity index (χ2v) is 5.06. The molecule has 0 fully saturated rings. The predicted molar refractivity (Wildman–Crippen MR) is 79.8 cm³/mol. The van der Waals surface area contributed by atoms with Crippen molar-refractivity contribution in [2.24, 2.45) is 0 Å². The second kappa shape index (κ2) is 7.45. The van der Waals surface area contributed by atoms with Gasteiger partial charge in [-0.15, -0.1) is 0 Å². The van der Waals surface area contributed by atoms with Crippen LogP contribution in [-0.2, 0) is 11.2 Å². The number of nitrogens with one attached hydrogen (secondary N) is 2. The maximum absolute atomic E-state index is 11.7. The topological polar surface area (TPSA) is 58.2 Å². The largest absolute Gasteiger partial charge is 0.354 e. The van der Waals surface area contributed by atoms with Crippen molar-refractivity contribution in [2.75, 3.05) is 13.1 Å². The molecule has 0 spiro atoms. The molecule has 1 heterocycles. The Balaban J connectivity index is 1.66. The lowest BCUT2D eigenvalue weighted by Crippen LogP contribution is -2.37. The van der Waals surface area contributed by atoms with E-state index in [-0.39, 0.29) is 18.4 Å². The number of rotatable bonds is 6. The summed E-state index contributed by atoms with van der Waals surface area (Å²) in [4.78, 5) is 23.3. The molecule has 5 heteroatoms. The van der Waals surface area contributed by atoms with Crippen LogP contribution in [0.15, 0.2) is 47.2 Å². The van der Waals surface area contributed by atoms with E-state index in [1.165, 1.54) is 5.56 Å². The summed E-state index contributed by atoms with van der Waals surface area (Å²) in [6.07, 6.45) is 0.807.